The Hall–Kier alpha value is -0.130. The highest BCUT2D eigenvalue weighted by Gasteiger charge is 2.32. The smallest absolute Gasteiger partial charge is 0.213 e. The minimum atomic E-state index is -3.10. The predicted molar refractivity (Wildman–Crippen MR) is 69.3 cm³/mol. The van der Waals surface area contributed by atoms with Crippen molar-refractivity contribution in [1.29, 1.82) is 0 Å². The SMILES string of the molecule is CC1CCC(NS(=O)(=O)CCNC2CC2)C1C. The average Bonchev–Trinajstić information content (AvgIpc) is 3.01. The minimum absolute atomic E-state index is 0.149. The molecule has 2 rings (SSSR count). The van der Waals surface area contributed by atoms with Gasteiger partial charge >= 0.3 is 0 Å². The van der Waals surface area contributed by atoms with E-state index in [1.807, 2.05) is 0 Å². The van der Waals surface area contributed by atoms with E-state index in [-0.39, 0.29) is 11.8 Å². The number of nitrogens with one attached hydrogen (secondary N) is 2. The first kappa shape index (κ1) is 13.3. The quantitative estimate of drug-likeness (QED) is 0.751. The van der Waals surface area contributed by atoms with Crippen LogP contribution in [-0.2, 0) is 10.0 Å². The molecule has 0 radical (unpaired) electrons. The lowest BCUT2D eigenvalue weighted by molar-refractivity contribution is 0.402. The summed E-state index contributed by atoms with van der Waals surface area (Å²) in [6.45, 7) is 4.93. The van der Waals surface area contributed by atoms with Gasteiger partial charge in [0.2, 0.25) is 10.0 Å². The molecule has 0 heterocycles. The zero-order valence-corrected chi connectivity index (χ0v) is 11.6. The molecule has 17 heavy (non-hydrogen) atoms. The summed E-state index contributed by atoms with van der Waals surface area (Å²) < 4.78 is 26.6. The van der Waals surface area contributed by atoms with Crippen LogP contribution in [0.25, 0.3) is 0 Å². The molecule has 3 unspecified atom stereocenters. The van der Waals surface area contributed by atoms with Crippen molar-refractivity contribution in [2.45, 2.75) is 51.6 Å². The normalized spacial score (nSPS) is 34.1. The van der Waals surface area contributed by atoms with E-state index in [0.717, 1.165) is 12.8 Å². The highest BCUT2D eigenvalue weighted by Crippen LogP contribution is 2.31. The maximum atomic E-state index is 11.9. The Morgan fingerprint density at radius 1 is 1.12 bits per heavy atom. The van der Waals surface area contributed by atoms with Gasteiger partial charge in [-0.05, 0) is 37.5 Å². The van der Waals surface area contributed by atoms with Crippen LogP contribution in [0.3, 0.4) is 0 Å². The molecule has 2 aliphatic carbocycles. The van der Waals surface area contributed by atoms with E-state index in [2.05, 4.69) is 23.9 Å². The molecule has 2 aliphatic rings. The van der Waals surface area contributed by atoms with Crippen molar-refractivity contribution in [2.24, 2.45) is 11.8 Å². The van der Waals surface area contributed by atoms with Crippen molar-refractivity contribution in [2.75, 3.05) is 12.3 Å². The zero-order chi connectivity index (χ0) is 12.5. The van der Waals surface area contributed by atoms with Crippen LogP contribution in [0.2, 0.25) is 0 Å². The van der Waals surface area contributed by atoms with E-state index in [9.17, 15) is 8.42 Å². The second-order valence-electron chi connectivity index (χ2n) is 5.69. The molecule has 0 saturated heterocycles. The average molecular weight is 260 g/mol. The third kappa shape index (κ3) is 3.93. The first-order chi connectivity index (χ1) is 7.98. The number of hydrogen-bond acceptors (Lipinski definition) is 3. The third-order valence-corrected chi connectivity index (χ3v) is 5.58. The molecule has 0 aromatic heterocycles. The van der Waals surface area contributed by atoms with E-state index in [1.54, 1.807) is 0 Å². The molecule has 2 saturated carbocycles. The van der Waals surface area contributed by atoms with Gasteiger partial charge in [-0.1, -0.05) is 13.8 Å². The second-order valence-corrected chi connectivity index (χ2v) is 7.56. The van der Waals surface area contributed by atoms with Gasteiger partial charge in [0.25, 0.3) is 0 Å². The van der Waals surface area contributed by atoms with Gasteiger partial charge in [0, 0.05) is 18.6 Å². The molecule has 3 atom stereocenters. The van der Waals surface area contributed by atoms with Crippen LogP contribution in [-0.4, -0.2) is 32.8 Å². The van der Waals surface area contributed by atoms with Crippen LogP contribution in [0.4, 0.5) is 0 Å². The lowest BCUT2D eigenvalue weighted by Gasteiger charge is -2.19. The molecule has 100 valence electrons. The molecule has 0 spiro atoms. The van der Waals surface area contributed by atoms with Gasteiger partial charge in [-0.15, -0.1) is 0 Å². The van der Waals surface area contributed by atoms with Crippen LogP contribution in [0.15, 0.2) is 0 Å². The number of sulfonamides is 1. The summed E-state index contributed by atoms with van der Waals surface area (Å²) in [5.41, 5.74) is 0. The van der Waals surface area contributed by atoms with Crippen LogP contribution in [0, 0.1) is 11.8 Å². The van der Waals surface area contributed by atoms with E-state index in [0.29, 0.717) is 24.4 Å². The maximum absolute atomic E-state index is 11.9. The molecular weight excluding hydrogens is 236 g/mol. The predicted octanol–water partition coefficient (Wildman–Crippen LogP) is 1.09. The topological polar surface area (TPSA) is 58.2 Å². The molecule has 0 aromatic carbocycles. The summed E-state index contributed by atoms with van der Waals surface area (Å²) in [7, 11) is -3.10. The van der Waals surface area contributed by atoms with Crippen molar-refractivity contribution in [3.63, 3.8) is 0 Å². The lowest BCUT2D eigenvalue weighted by atomic mass is 9.98. The van der Waals surface area contributed by atoms with Gasteiger partial charge < -0.3 is 5.32 Å². The fourth-order valence-electron chi connectivity index (χ4n) is 2.51. The largest absolute Gasteiger partial charge is 0.313 e. The van der Waals surface area contributed by atoms with Gasteiger partial charge in [-0.25, -0.2) is 13.1 Å². The first-order valence-electron chi connectivity index (χ1n) is 6.71. The van der Waals surface area contributed by atoms with Crippen LogP contribution in [0.5, 0.6) is 0 Å². The van der Waals surface area contributed by atoms with Crippen molar-refractivity contribution in [1.82, 2.24) is 10.0 Å². The summed E-state index contributed by atoms with van der Waals surface area (Å²) in [5, 5.41) is 3.24. The van der Waals surface area contributed by atoms with Gasteiger partial charge in [0.05, 0.1) is 5.75 Å². The van der Waals surface area contributed by atoms with Crippen molar-refractivity contribution in [3.05, 3.63) is 0 Å². The fraction of sp³-hybridized carbons (Fsp3) is 1.00. The maximum Gasteiger partial charge on any atom is 0.213 e. The molecule has 0 aliphatic heterocycles. The summed E-state index contributed by atoms with van der Waals surface area (Å²) in [4.78, 5) is 0. The molecule has 4 nitrogen and oxygen atoms in total. The fourth-order valence-corrected chi connectivity index (χ4v) is 3.80. The summed E-state index contributed by atoms with van der Waals surface area (Å²) >= 11 is 0. The van der Waals surface area contributed by atoms with Crippen molar-refractivity contribution in [3.8, 4) is 0 Å². The Balaban J connectivity index is 1.75. The Labute approximate surface area is 105 Å². The molecule has 0 bridgehead atoms. The molecule has 2 N–H and O–H groups in total. The lowest BCUT2D eigenvalue weighted by Crippen LogP contribution is -2.40. The Bertz CT molecular complexity index is 352. The third-order valence-electron chi connectivity index (χ3n) is 4.18. The number of rotatable bonds is 6. The minimum Gasteiger partial charge on any atom is -0.313 e. The van der Waals surface area contributed by atoms with Gasteiger partial charge in [0.15, 0.2) is 0 Å². The van der Waals surface area contributed by atoms with Crippen LogP contribution < -0.4 is 10.0 Å². The zero-order valence-electron chi connectivity index (χ0n) is 10.8. The van der Waals surface area contributed by atoms with Gasteiger partial charge in [-0.3, -0.25) is 0 Å². The molecule has 5 heteroatoms. The van der Waals surface area contributed by atoms with E-state index >= 15 is 0 Å². The van der Waals surface area contributed by atoms with Crippen molar-refractivity contribution < 1.29 is 8.42 Å². The molecular formula is C12H24N2O2S. The van der Waals surface area contributed by atoms with E-state index in [1.165, 1.54) is 12.8 Å². The monoisotopic (exact) mass is 260 g/mol. The Kier molecular flexibility index (Phi) is 4.10. The Morgan fingerprint density at radius 3 is 2.35 bits per heavy atom. The molecule has 0 amide bonds. The Morgan fingerprint density at radius 2 is 1.82 bits per heavy atom. The number of hydrogen-bond donors (Lipinski definition) is 2. The highest BCUT2D eigenvalue weighted by atomic mass is 32.2. The van der Waals surface area contributed by atoms with E-state index in [4.69, 9.17) is 0 Å². The van der Waals surface area contributed by atoms with Gasteiger partial charge in [0.1, 0.15) is 0 Å². The first-order valence-corrected chi connectivity index (χ1v) is 8.36. The summed E-state index contributed by atoms with van der Waals surface area (Å²) in [5.74, 6) is 1.30. The second kappa shape index (κ2) is 5.24. The summed E-state index contributed by atoms with van der Waals surface area (Å²) in [6.07, 6.45) is 4.52. The highest BCUT2D eigenvalue weighted by molar-refractivity contribution is 7.89. The van der Waals surface area contributed by atoms with E-state index < -0.39 is 10.0 Å². The van der Waals surface area contributed by atoms with Crippen LogP contribution in [0.1, 0.15) is 39.5 Å². The molecule has 0 aromatic rings. The van der Waals surface area contributed by atoms with Crippen molar-refractivity contribution >= 4 is 10.0 Å². The summed E-state index contributed by atoms with van der Waals surface area (Å²) in [6, 6.07) is 0.728. The van der Waals surface area contributed by atoms with Gasteiger partial charge in [-0.2, -0.15) is 0 Å². The molecule has 2 fully saturated rings. The van der Waals surface area contributed by atoms with Crippen LogP contribution >= 0.6 is 0 Å². The standard InChI is InChI=1S/C12H24N2O2S/c1-9-3-6-12(10(9)2)14-17(15,16)8-7-13-11-4-5-11/h9-14H,3-8H2,1-2H3.